The average molecular weight is 405 g/mol. The number of nitro groups is 1. The summed E-state index contributed by atoms with van der Waals surface area (Å²) >= 11 is 2.30. The van der Waals surface area contributed by atoms with E-state index in [0.29, 0.717) is 21.2 Å². The standard InChI is InChI=1S/C17H15N3O5S2/c1-19-15-11(24-2)6-7-12(25-3)16(15)27-17(19)18-13(21)8-4-10-5-9-14(26-10)20(22)23/h4-9H,1-3H3. The van der Waals surface area contributed by atoms with Crippen LogP contribution in [0.1, 0.15) is 4.88 Å². The third-order valence-corrected chi connectivity index (χ3v) is 5.85. The first-order chi connectivity index (χ1) is 12.9. The van der Waals surface area contributed by atoms with Crippen molar-refractivity contribution in [2.24, 2.45) is 12.0 Å². The molecular formula is C17H15N3O5S2. The number of fused-ring (bicyclic) bond motifs is 1. The molecule has 2 heterocycles. The maximum absolute atomic E-state index is 12.2. The van der Waals surface area contributed by atoms with Gasteiger partial charge in [0.15, 0.2) is 4.80 Å². The quantitative estimate of drug-likeness (QED) is 0.368. The van der Waals surface area contributed by atoms with E-state index in [1.165, 1.54) is 29.6 Å². The maximum atomic E-state index is 12.2. The average Bonchev–Trinajstić information content (AvgIpc) is 3.25. The van der Waals surface area contributed by atoms with Crippen molar-refractivity contribution in [3.63, 3.8) is 0 Å². The lowest BCUT2D eigenvalue weighted by Gasteiger charge is -2.06. The predicted molar refractivity (Wildman–Crippen MR) is 104 cm³/mol. The number of aryl methyl sites for hydroxylation is 1. The van der Waals surface area contributed by atoms with Crippen molar-refractivity contribution < 1.29 is 19.2 Å². The first-order valence-electron chi connectivity index (χ1n) is 7.66. The molecule has 0 N–H and O–H groups in total. The molecule has 1 aromatic carbocycles. The van der Waals surface area contributed by atoms with Crippen LogP contribution in [0.5, 0.6) is 11.5 Å². The Hall–Kier alpha value is -2.98. The maximum Gasteiger partial charge on any atom is 0.324 e. The number of aromatic nitrogens is 1. The Morgan fingerprint density at radius 2 is 1.89 bits per heavy atom. The molecule has 8 nitrogen and oxygen atoms in total. The van der Waals surface area contributed by atoms with Crippen LogP contribution < -0.4 is 14.3 Å². The number of amides is 1. The molecule has 0 radical (unpaired) electrons. The van der Waals surface area contributed by atoms with Crippen molar-refractivity contribution in [2.45, 2.75) is 0 Å². The smallest absolute Gasteiger partial charge is 0.324 e. The SMILES string of the molecule is COc1ccc(OC)c2c1sc(=NC(=O)C=Cc1ccc([N+](=O)[O-])s1)n2C. The van der Waals surface area contributed by atoms with E-state index < -0.39 is 10.8 Å². The van der Waals surface area contributed by atoms with Crippen LogP contribution in [-0.2, 0) is 11.8 Å². The monoisotopic (exact) mass is 405 g/mol. The summed E-state index contributed by atoms with van der Waals surface area (Å²) in [5.74, 6) is 0.854. The van der Waals surface area contributed by atoms with E-state index in [1.807, 2.05) is 0 Å². The fourth-order valence-electron chi connectivity index (χ4n) is 2.44. The van der Waals surface area contributed by atoms with Gasteiger partial charge in [-0.2, -0.15) is 4.99 Å². The van der Waals surface area contributed by atoms with E-state index in [-0.39, 0.29) is 5.00 Å². The largest absolute Gasteiger partial charge is 0.495 e. The minimum Gasteiger partial charge on any atom is -0.495 e. The van der Waals surface area contributed by atoms with E-state index in [4.69, 9.17) is 9.47 Å². The molecule has 27 heavy (non-hydrogen) atoms. The Kier molecular flexibility index (Phi) is 5.38. The molecule has 0 aliphatic rings. The number of benzene rings is 1. The van der Waals surface area contributed by atoms with Crippen molar-refractivity contribution in [3.05, 3.63) is 50.1 Å². The summed E-state index contributed by atoms with van der Waals surface area (Å²) < 4.78 is 13.4. The summed E-state index contributed by atoms with van der Waals surface area (Å²) in [6.07, 6.45) is 2.80. The van der Waals surface area contributed by atoms with Gasteiger partial charge in [-0.15, -0.1) is 0 Å². The zero-order chi connectivity index (χ0) is 19.6. The second kappa shape index (κ2) is 7.72. The summed E-state index contributed by atoms with van der Waals surface area (Å²) in [7, 11) is 4.94. The van der Waals surface area contributed by atoms with Gasteiger partial charge >= 0.3 is 5.00 Å². The number of hydrogen-bond donors (Lipinski definition) is 0. The van der Waals surface area contributed by atoms with E-state index in [0.717, 1.165) is 21.6 Å². The van der Waals surface area contributed by atoms with Gasteiger partial charge in [0.1, 0.15) is 21.7 Å². The Bertz CT molecular complexity index is 1120. The normalized spacial score (nSPS) is 12.0. The van der Waals surface area contributed by atoms with Crippen molar-refractivity contribution in [3.8, 4) is 11.5 Å². The number of carbonyl (C=O) groups excluding carboxylic acids is 1. The molecule has 0 fully saturated rings. The van der Waals surface area contributed by atoms with Gasteiger partial charge in [-0.25, -0.2) is 0 Å². The van der Waals surface area contributed by atoms with Gasteiger partial charge in [-0.3, -0.25) is 14.9 Å². The molecule has 1 amide bonds. The molecule has 0 saturated carbocycles. The van der Waals surface area contributed by atoms with Gasteiger partial charge in [0.05, 0.1) is 19.1 Å². The Morgan fingerprint density at radius 1 is 1.19 bits per heavy atom. The van der Waals surface area contributed by atoms with Crippen LogP contribution in [-0.4, -0.2) is 29.6 Å². The number of rotatable bonds is 5. The van der Waals surface area contributed by atoms with Gasteiger partial charge in [0.25, 0.3) is 5.91 Å². The summed E-state index contributed by atoms with van der Waals surface area (Å²) in [4.78, 5) is 27.7. The minimum absolute atomic E-state index is 0.0223. The highest BCUT2D eigenvalue weighted by Crippen LogP contribution is 2.34. The molecule has 140 valence electrons. The van der Waals surface area contributed by atoms with Crippen molar-refractivity contribution >= 4 is 49.9 Å². The van der Waals surface area contributed by atoms with Gasteiger partial charge in [-0.05, 0) is 24.3 Å². The number of hydrogen-bond acceptors (Lipinski definition) is 7. The Morgan fingerprint density at radius 3 is 2.52 bits per heavy atom. The van der Waals surface area contributed by atoms with E-state index in [9.17, 15) is 14.9 Å². The van der Waals surface area contributed by atoms with Crippen LogP contribution in [0, 0.1) is 10.1 Å². The fraction of sp³-hybridized carbons (Fsp3) is 0.176. The van der Waals surface area contributed by atoms with E-state index in [2.05, 4.69) is 4.99 Å². The molecule has 3 rings (SSSR count). The Labute approximate surface area is 161 Å². The molecule has 0 unspecified atom stereocenters. The van der Waals surface area contributed by atoms with Crippen LogP contribution >= 0.6 is 22.7 Å². The summed E-state index contributed by atoms with van der Waals surface area (Å²) in [5, 5.41) is 10.7. The minimum atomic E-state index is -0.467. The molecule has 0 atom stereocenters. The lowest BCUT2D eigenvalue weighted by Crippen LogP contribution is -2.12. The zero-order valence-corrected chi connectivity index (χ0v) is 16.3. The summed E-state index contributed by atoms with van der Waals surface area (Å²) in [5.41, 5.74) is 0.784. The molecule has 0 spiro atoms. The second-order valence-electron chi connectivity index (χ2n) is 5.31. The van der Waals surface area contributed by atoms with Gasteiger partial charge in [0, 0.05) is 24.1 Å². The molecular weight excluding hydrogens is 390 g/mol. The lowest BCUT2D eigenvalue weighted by molar-refractivity contribution is -0.380. The van der Waals surface area contributed by atoms with Gasteiger partial charge < -0.3 is 14.0 Å². The molecule has 0 aliphatic carbocycles. The topological polar surface area (TPSA) is 96.0 Å². The van der Waals surface area contributed by atoms with Crippen LogP contribution in [0.2, 0.25) is 0 Å². The second-order valence-corrected chi connectivity index (χ2v) is 7.38. The number of nitrogens with zero attached hydrogens (tertiary/aromatic N) is 3. The highest BCUT2D eigenvalue weighted by molar-refractivity contribution is 7.17. The first-order valence-corrected chi connectivity index (χ1v) is 9.29. The summed E-state index contributed by atoms with van der Waals surface area (Å²) in [6, 6.07) is 6.58. The van der Waals surface area contributed by atoms with E-state index >= 15 is 0 Å². The highest BCUT2D eigenvalue weighted by Gasteiger charge is 2.14. The third kappa shape index (κ3) is 3.76. The zero-order valence-electron chi connectivity index (χ0n) is 14.7. The number of carbonyl (C=O) groups is 1. The van der Waals surface area contributed by atoms with Gasteiger partial charge in [-0.1, -0.05) is 22.7 Å². The van der Waals surface area contributed by atoms with E-state index in [1.54, 1.807) is 44.0 Å². The molecule has 3 aromatic rings. The third-order valence-electron chi connectivity index (χ3n) is 3.70. The number of thiophene rings is 1. The van der Waals surface area contributed by atoms with Crippen LogP contribution in [0.4, 0.5) is 5.00 Å². The van der Waals surface area contributed by atoms with Crippen LogP contribution in [0.15, 0.2) is 35.3 Å². The van der Waals surface area contributed by atoms with Crippen LogP contribution in [0.3, 0.4) is 0 Å². The molecule has 0 saturated heterocycles. The number of thiazole rings is 1. The number of ether oxygens (including phenoxy) is 2. The van der Waals surface area contributed by atoms with Crippen molar-refractivity contribution in [1.29, 1.82) is 0 Å². The molecule has 10 heteroatoms. The van der Waals surface area contributed by atoms with Crippen molar-refractivity contribution in [2.75, 3.05) is 14.2 Å². The molecule has 0 aliphatic heterocycles. The predicted octanol–water partition coefficient (Wildman–Crippen LogP) is 3.37. The Balaban J connectivity index is 1.97. The number of methoxy groups -OCH3 is 2. The first kappa shape index (κ1) is 18.8. The van der Waals surface area contributed by atoms with Gasteiger partial charge in [0.2, 0.25) is 0 Å². The fourth-order valence-corrected chi connectivity index (χ4v) is 4.30. The molecule has 2 aromatic heterocycles. The van der Waals surface area contributed by atoms with Crippen molar-refractivity contribution in [1.82, 2.24) is 4.57 Å². The van der Waals surface area contributed by atoms with Crippen LogP contribution in [0.25, 0.3) is 16.3 Å². The summed E-state index contributed by atoms with van der Waals surface area (Å²) in [6.45, 7) is 0. The lowest BCUT2D eigenvalue weighted by atomic mass is 10.3. The highest BCUT2D eigenvalue weighted by atomic mass is 32.1. The molecule has 0 bridgehead atoms.